The van der Waals surface area contributed by atoms with E-state index in [0.29, 0.717) is 16.9 Å². The summed E-state index contributed by atoms with van der Waals surface area (Å²) in [6.45, 7) is -0.204. The van der Waals surface area contributed by atoms with Crippen LogP contribution in [0.4, 0.5) is 11.4 Å². The zero-order chi connectivity index (χ0) is 17.4. The smallest absolute Gasteiger partial charge is 0.299 e. The van der Waals surface area contributed by atoms with Gasteiger partial charge in [-0.3, -0.25) is 19.3 Å². The van der Waals surface area contributed by atoms with Gasteiger partial charge >= 0.3 is 0 Å². The molecule has 0 atom stereocenters. The molecule has 0 unspecified atom stereocenters. The van der Waals surface area contributed by atoms with E-state index >= 15 is 0 Å². The molecule has 122 valence electrons. The minimum atomic E-state index is -0.672. The first-order chi connectivity index (χ1) is 12.1. The maximum absolute atomic E-state index is 12.5. The molecule has 0 aliphatic carbocycles. The average molecular weight is 330 g/mol. The molecule has 1 aliphatic rings. The highest BCUT2D eigenvalue weighted by atomic mass is 16.2. The normalized spacial score (nSPS) is 13.2. The van der Waals surface area contributed by atoms with E-state index in [0.717, 1.165) is 10.8 Å². The van der Waals surface area contributed by atoms with Crippen molar-refractivity contribution in [2.45, 2.75) is 0 Å². The van der Waals surface area contributed by atoms with Gasteiger partial charge in [0, 0.05) is 11.1 Å². The largest absolute Gasteiger partial charge is 0.324 e. The number of amides is 2. The summed E-state index contributed by atoms with van der Waals surface area (Å²) in [5.74, 6) is -1.60. The number of ketones is 1. The molecule has 3 aromatic carbocycles. The highest BCUT2D eigenvalue weighted by molar-refractivity contribution is 6.52. The van der Waals surface area contributed by atoms with Crippen LogP contribution >= 0.6 is 0 Å². The molecule has 2 amide bonds. The molecule has 0 fully saturated rings. The number of hydrogen-bond acceptors (Lipinski definition) is 3. The van der Waals surface area contributed by atoms with Crippen LogP contribution in [0, 0.1) is 0 Å². The number of hydrogen-bond donors (Lipinski definition) is 1. The Kier molecular flexibility index (Phi) is 3.54. The van der Waals surface area contributed by atoms with Crippen LogP contribution in [0.3, 0.4) is 0 Å². The summed E-state index contributed by atoms with van der Waals surface area (Å²) in [6, 6.07) is 20.0. The minimum absolute atomic E-state index is 0.204. The summed E-state index contributed by atoms with van der Waals surface area (Å²) < 4.78 is 0. The van der Waals surface area contributed by atoms with Crippen LogP contribution in [-0.2, 0) is 9.59 Å². The van der Waals surface area contributed by atoms with E-state index in [1.165, 1.54) is 4.90 Å². The van der Waals surface area contributed by atoms with E-state index in [1.54, 1.807) is 24.3 Å². The van der Waals surface area contributed by atoms with Crippen molar-refractivity contribution in [3.05, 3.63) is 72.3 Å². The van der Waals surface area contributed by atoms with Gasteiger partial charge < -0.3 is 5.32 Å². The summed E-state index contributed by atoms with van der Waals surface area (Å²) >= 11 is 0. The summed E-state index contributed by atoms with van der Waals surface area (Å²) in [5.41, 5.74) is 1.49. The second-order valence-corrected chi connectivity index (χ2v) is 5.81. The zero-order valence-electron chi connectivity index (χ0n) is 13.2. The number of nitrogens with zero attached hydrogens (tertiary/aromatic N) is 1. The second kappa shape index (κ2) is 5.87. The predicted molar refractivity (Wildman–Crippen MR) is 95.7 cm³/mol. The van der Waals surface area contributed by atoms with Crippen molar-refractivity contribution in [2.24, 2.45) is 0 Å². The number of nitrogens with one attached hydrogen (secondary N) is 1. The van der Waals surface area contributed by atoms with Gasteiger partial charge in [-0.25, -0.2) is 0 Å². The number of benzene rings is 3. The number of anilines is 2. The number of para-hydroxylation sites is 1. The van der Waals surface area contributed by atoms with E-state index in [2.05, 4.69) is 5.32 Å². The molecular formula is C20H14N2O3. The SMILES string of the molecule is O=C(CN1C(=O)C(=O)c2ccccc21)Nc1cccc2ccccc12. The van der Waals surface area contributed by atoms with Crippen molar-refractivity contribution in [2.75, 3.05) is 16.8 Å². The number of rotatable bonds is 3. The minimum Gasteiger partial charge on any atom is -0.324 e. The molecule has 5 nitrogen and oxygen atoms in total. The lowest BCUT2D eigenvalue weighted by atomic mass is 10.1. The number of fused-ring (bicyclic) bond motifs is 2. The van der Waals surface area contributed by atoms with E-state index in [1.807, 2.05) is 42.5 Å². The summed E-state index contributed by atoms with van der Waals surface area (Å²) in [4.78, 5) is 37.8. The molecule has 0 aromatic heterocycles. The number of carbonyl (C=O) groups excluding carboxylic acids is 3. The van der Waals surface area contributed by atoms with E-state index in [-0.39, 0.29) is 12.5 Å². The van der Waals surface area contributed by atoms with Crippen molar-refractivity contribution in [3.8, 4) is 0 Å². The molecule has 0 radical (unpaired) electrons. The zero-order valence-corrected chi connectivity index (χ0v) is 13.2. The van der Waals surface area contributed by atoms with Crippen molar-refractivity contribution < 1.29 is 14.4 Å². The van der Waals surface area contributed by atoms with Gasteiger partial charge in [0.25, 0.3) is 11.7 Å². The van der Waals surface area contributed by atoms with Crippen LogP contribution in [-0.4, -0.2) is 24.1 Å². The van der Waals surface area contributed by atoms with Crippen LogP contribution in [0.25, 0.3) is 10.8 Å². The van der Waals surface area contributed by atoms with E-state index < -0.39 is 11.7 Å². The highest BCUT2D eigenvalue weighted by Gasteiger charge is 2.36. The Balaban J connectivity index is 1.59. The molecule has 4 rings (SSSR count). The number of carbonyl (C=O) groups is 3. The Morgan fingerprint density at radius 3 is 2.48 bits per heavy atom. The Labute approximate surface area is 143 Å². The van der Waals surface area contributed by atoms with Crippen LogP contribution in [0.5, 0.6) is 0 Å². The molecular weight excluding hydrogens is 316 g/mol. The lowest BCUT2D eigenvalue weighted by molar-refractivity contribution is -0.118. The topological polar surface area (TPSA) is 66.5 Å². The van der Waals surface area contributed by atoms with Crippen LogP contribution in [0.2, 0.25) is 0 Å². The van der Waals surface area contributed by atoms with Gasteiger partial charge in [-0.15, -0.1) is 0 Å². The lowest BCUT2D eigenvalue weighted by Crippen LogP contribution is -2.37. The maximum atomic E-state index is 12.5. The van der Waals surface area contributed by atoms with Crippen molar-refractivity contribution >= 4 is 39.7 Å². The lowest BCUT2D eigenvalue weighted by Gasteiger charge is -2.16. The summed E-state index contributed by atoms with van der Waals surface area (Å²) in [6.07, 6.45) is 0. The number of Topliss-reactive ketones (excluding diaryl/α,β-unsaturated/α-hetero) is 1. The van der Waals surface area contributed by atoms with Gasteiger partial charge in [0.15, 0.2) is 0 Å². The summed E-state index contributed by atoms with van der Waals surface area (Å²) in [7, 11) is 0. The highest BCUT2D eigenvalue weighted by Crippen LogP contribution is 2.28. The molecule has 1 N–H and O–H groups in total. The molecule has 1 heterocycles. The molecule has 1 aliphatic heterocycles. The Hall–Kier alpha value is -3.47. The van der Waals surface area contributed by atoms with E-state index in [9.17, 15) is 14.4 Å². The third-order valence-electron chi connectivity index (χ3n) is 4.24. The molecule has 0 spiro atoms. The van der Waals surface area contributed by atoms with Gasteiger partial charge in [-0.05, 0) is 23.6 Å². The fourth-order valence-electron chi connectivity index (χ4n) is 3.07. The average Bonchev–Trinajstić information content (AvgIpc) is 2.87. The van der Waals surface area contributed by atoms with Crippen LogP contribution < -0.4 is 10.2 Å². The molecule has 3 aromatic rings. The van der Waals surface area contributed by atoms with Gasteiger partial charge in [0.1, 0.15) is 6.54 Å². The van der Waals surface area contributed by atoms with Gasteiger partial charge in [0.2, 0.25) is 5.91 Å². The van der Waals surface area contributed by atoms with Crippen LogP contribution in [0.15, 0.2) is 66.7 Å². The first-order valence-electron chi connectivity index (χ1n) is 7.88. The maximum Gasteiger partial charge on any atom is 0.299 e. The molecule has 0 saturated heterocycles. The van der Waals surface area contributed by atoms with Crippen molar-refractivity contribution in [3.63, 3.8) is 0 Å². The quantitative estimate of drug-likeness (QED) is 0.751. The molecule has 0 saturated carbocycles. The third kappa shape index (κ3) is 2.55. The Bertz CT molecular complexity index is 1020. The first kappa shape index (κ1) is 15.1. The van der Waals surface area contributed by atoms with Crippen molar-refractivity contribution in [1.82, 2.24) is 0 Å². The fraction of sp³-hybridized carbons (Fsp3) is 0.0500. The molecule has 5 heteroatoms. The van der Waals surface area contributed by atoms with Crippen LogP contribution in [0.1, 0.15) is 10.4 Å². The Morgan fingerprint density at radius 1 is 0.880 bits per heavy atom. The van der Waals surface area contributed by atoms with E-state index in [4.69, 9.17) is 0 Å². The predicted octanol–water partition coefficient (Wildman–Crippen LogP) is 3.01. The van der Waals surface area contributed by atoms with Gasteiger partial charge in [-0.1, -0.05) is 48.5 Å². The summed E-state index contributed by atoms with van der Waals surface area (Å²) in [5, 5.41) is 4.77. The molecule has 0 bridgehead atoms. The van der Waals surface area contributed by atoms with Gasteiger partial charge in [-0.2, -0.15) is 0 Å². The third-order valence-corrected chi connectivity index (χ3v) is 4.24. The molecule has 25 heavy (non-hydrogen) atoms. The monoisotopic (exact) mass is 330 g/mol. The fourth-order valence-corrected chi connectivity index (χ4v) is 3.07. The Morgan fingerprint density at radius 2 is 1.60 bits per heavy atom. The standard InChI is InChI=1S/C20H14N2O3/c23-18(21-16-10-5-7-13-6-1-2-8-14(13)16)12-22-17-11-4-3-9-15(17)19(24)20(22)25/h1-11H,12H2,(H,21,23). The van der Waals surface area contributed by atoms with Gasteiger partial charge in [0.05, 0.1) is 11.3 Å². The second-order valence-electron chi connectivity index (χ2n) is 5.81. The van der Waals surface area contributed by atoms with Crippen molar-refractivity contribution in [1.29, 1.82) is 0 Å². The first-order valence-corrected chi connectivity index (χ1v) is 7.88.